The van der Waals surface area contributed by atoms with Gasteiger partial charge in [-0.15, -0.1) is 0 Å². The molecule has 20 heavy (non-hydrogen) atoms. The molecule has 0 saturated carbocycles. The summed E-state index contributed by atoms with van der Waals surface area (Å²) in [5, 5.41) is 9.41. The number of aromatic hydroxyl groups is 1. The monoisotopic (exact) mass is 275 g/mol. The number of hydrogen-bond acceptors (Lipinski definition) is 3. The molecule has 0 atom stereocenters. The molecule has 2 rings (SSSR count). The lowest BCUT2D eigenvalue weighted by molar-refractivity contribution is 0.0989. The summed E-state index contributed by atoms with van der Waals surface area (Å²) in [6.07, 6.45) is 0. The summed E-state index contributed by atoms with van der Waals surface area (Å²) in [5.41, 5.74) is 0.418. The van der Waals surface area contributed by atoms with Crippen molar-refractivity contribution in [2.45, 2.75) is 0 Å². The molecule has 0 bridgehead atoms. The smallest absolute Gasteiger partial charge is 0.260 e. The zero-order valence-electron chi connectivity index (χ0n) is 11.1. The lowest BCUT2D eigenvalue weighted by Crippen LogP contribution is -2.27. The van der Waals surface area contributed by atoms with Crippen LogP contribution >= 0.6 is 0 Å². The van der Waals surface area contributed by atoms with Gasteiger partial charge in [-0.2, -0.15) is 0 Å². The zero-order chi connectivity index (χ0) is 14.7. The molecular weight excluding hydrogens is 261 g/mol. The molecule has 1 N–H and O–H groups in total. The van der Waals surface area contributed by atoms with Crippen molar-refractivity contribution < 1.29 is 19.0 Å². The number of carbonyl (C=O) groups is 1. The van der Waals surface area contributed by atoms with Crippen LogP contribution in [0.25, 0.3) is 0 Å². The van der Waals surface area contributed by atoms with E-state index in [1.807, 2.05) is 0 Å². The van der Waals surface area contributed by atoms with Crippen molar-refractivity contribution in [3.63, 3.8) is 0 Å². The molecule has 0 radical (unpaired) electrons. The first-order chi connectivity index (χ1) is 9.52. The van der Waals surface area contributed by atoms with Gasteiger partial charge < -0.3 is 14.7 Å². The molecule has 0 unspecified atom stereocenters. The highest BCUT2D eigenvalue weighted by molar-refractivity contribution is 6.06. The maximum Gasteiger partial charge on any atom is 0.260 e. The number of rotatable bonds is 3. The number of methoxy groups -OCH3 is 1. The van der Waals surface area contributed by atoms with Gasteiger partial charge >= 0.3 is 0 Å². The third-order valence-electron chi connectivity index (χ3n) is 2.93. The van der Waals surface area contributed by atoms with Crippen LogP contribution in [0.4, 0.5) is 10.1 Å². The highest BCUT2D eigenvalue weighted by atomic mass is 19.1. The minimum atomic E-state index is -0.652. The topological polar surface area (TPSA) is 49.8 Å². The quantitative estimate of drug-likeness (QED) is 0.937. The van der Waals surface area contributed by atoms with Gasteiger partial charge in [0, 0.05) is 24.9 Å². The Kier molecular flexibility index (Phi) is 3.89. The van der Waals surface area contributed by atoms with Crippen LogP contribution in [-0.4, -0.2) is 25.2 Å². The SMILES string of the molecule is COc1ccc(C(=O)N(C)c2cccc(O)c2)c(F)c1. The van der Waals surface area contributed by atoms with Crippen molar-refractivity contribution in [1.29, 1.82) is 0 Å². The second-order valence-corrected chi connectivity index (χ2v) is 4.23. The Bertz CT molecular complexity index is 643. The van der Waals surface area contributed by atoms with Crippen LogP contribution in [0.5, 0.6) is 11.5 Å². The standard InChI is InChI=1S/C15H14FNO3/c1-17(10-4-3-5-11(18)8-10)15(19)13-7-6-12(20-2)9-14(13)16/h3-9,18H,1-2H3. The highest BCUT2D eigenvalue weighted by Crippen LogP contribution is 2.23. The Hall–Kier alpha value is -2.56. The summed E-state index contributed by atoms with van der Waals surface area (Å²) >= 11 is 0. The number of phenolic OH excluding ortho intramolecular Hbond substituents is 1. The average Bonchev–Trinajstić information content (AvgIpc) is 2.45. The fraction of sp³-hybridized carbons (Fsp3) is 0.133. The Morgan fingerprint density at radius 1 is 1.25 bits per heavy atom. The molecule has 0 fully saturated rings. The van der Waals surface area contributed by atoms with Crippen LogP contribution in [0.1, 0.15) is 10.4 Å². The number of carbonyl (C=O) groups excluding carboxylic acids is 1. The van der Waals surface area contributed by atoms with Crippen molar-refractivity contribution in [2.24, 2.45) is 0 Å². The fourth-order valence-electron chi connectivity index (χ4n) is 1.80. The molecule has 0 aliphatic rings. The van der Waals surface area contributed by atoms with Crippen LogP contribution in [0, 0.1) is 5.82 Å². The summed E-state index contributed by atoms with van der Waals surface area (Å²) in [5.74, 6) is -0.770. The van der Waals surface area contributed by atoms with Crippen molar-refractivity contribution in [1.82, 2.24) is 0 Å². The van der Waals surface area contributed by atoms with Gasteiger partial charge in [-0.3, -0.25) is 4.79 Å². The number of phenols is 1. The lowest BCUT2D eigenvalue weighted by Gasteiger charge is -2.18. The normalized spacial score (nSPS) is 10.2. The third-order valence-corrected chi connectivity index (χ3v) is 2.93. The predicted molar refractivity (Wildman–Crippen MR) is 73.8 cm³/mol. The van der Waals surface area contributed by atoms with Crippen LogP contribution in [-0.2, 0) is 0 Å². The van der Waals surface area contributed by atoms with E-state index in [0.717, 1.165) is 6.07 Å². The summed E-state index contributed by atoms with van der Waals surface area (Å²) in [7, 11) is 2.94. The molecule has 104 valence electrons. The van der Waals surface area contributed by atoms with Gasteiger partial charge in [0.25, 0.3) is 5.91 Å². The third kappa shape index (κ3) is 2.71. The van der Waals surface area contributed by atoms with Crippen LogP contribution in [0.2, 0.25) is 0 Å². The molecule has 4 nitrogen and oxygen atoms in total. The van der Waals surface area contributed by atoms with Crippen molar-refractivity contribution in [3.8, 4) is 11.5 Å². The molecule has 0 aromatic heterocycles. The number of benzene rings is 2. The Morgan fingerprint density at radius 2 is 2.00 bits per heavy atom. The summed E-state index contributed by atoms with van der Waals surface area (Å²) in [4.78, 5) is 13.5. The van der Waals surface area contributed by atoms with Gasteiger partial charge in [-0.25, -0.2) is 4.39 Å². The minimum Gasteiger partial charge on any atom is -0.508 e. The van der Waals surface area contributed by atoms with E-state index in [2.05, 4.69) is 0 Å². The zero-order valence-corrected chi connectivity index (χ0v) is 11.1. The van der Waals surface area contributed by atoms with E-state index in [-0.39, 0.29) is 11.3 Å². The summed E-state index contributed by atoms with van der Waals surface area (Å²) in [6.45, 7) is 0. The predicted octanol–water partition coefficient (Wildman–Crippen LogP) is 2.82. The maximum absolute atomic E-state index is 13.9. The maximum atomic E-state index is 13.9. The van der Waals surface area contributed by atoms with E-state index < -0.39 is 11.7 Å². The van der Waals surface area contributed by atoms with E-state index in [9.17, 15) is 14.3 Å². The fourth-order valence-corrected chi connectivity index (χ4v) is 1.80. The van der Waals surface area contributed by atoms with Crippen LogP contribution < -0.4 is 9.64 Å². The van der Waals surface area contributed by atoms with Gasteiger partial charge in [-0.05, 0) is 24.3 Å². The number of hydrogen-bond donors (Lipinski definition) is 1. The Balaban J connectivity index is 2.31. The van der Waals surface area contributed by atoms with E-state index >= 15 is 0 Å². The first kappa shape index (κ1) is 13.9. The van der Waals surface area contributed by atoms with Crippen molar-refractivity contribution >= 4 is 11.6 Å². The number of halogens is 1. The van der Waals surface area contributed by atoms with Crippen LogP contribution in [0.3, 0.4) is 0 Å². The molecule has 0 aliphatic heterocycles. The Labute approximate surface area is 116 Å². The van der Waals surface area contributed by atoms with Gasteiger partial charge in [-0.1, -0.05) is 6.07 Å². The minimum absolute atomic E-state index is 0.0392. The molecular formula is C15H14FNO3. The number of amides is 1. The van der Waals surface area contributed by atoms with E-state index in [0.29, 0.717) is 11.4 Å². The van der Waals surface area contributed by atoms with E-state index in [4.69, 9.17) is 4.74 Å². The molecule has 5 heteroatoms. The number of anilines is 1. The van der Waals surface area contributed by atoms with Gasteiger partial charge in [0.15, 0.2) is 0 Å². The van der Waals surface area contributed by atoms with Gasteiger partial charge in [0.2, 0.25) is 0 Å². The van der Waals surface area contributed by atoms with E-state index in [1.54, 1.807) is 12.1 Å². The van der Waals surface area contributed by atoms with Crippen molar-refractivity contribution in [2.75, 3.05) is 19.1 Å². The largest absolute Gasteiger partial charge is 0.508 e. The molecule has 0 heterocycles. The first-order valence-corrected chi connectivity index (χ1v) is 5.93. The second-order valence-electron chi connectivity index (χ2n) is 4.23. The molecule has 2 aromatic rings. The average molecular weight is 275 g/mol. The number of ether oxygens (including phenoxy) is 1. The Morgan fingerprint density at radius 3 is 2.60 bits per heavy atom. The molecule has 2 aromatic carbocycles. The first-order valence-electron chi connectivity index (χ1n) is 5.93. The molecule has 0 saturated heterocycles. The highest BCUT2D eigenvalue weighted by Gasteiger charge is 2.18. The second kappa shape index (κ2) is 5.61. The number of nitrogens with zero attached hydrogens (tertiary/aromatic N) is 1. The molecule has 0 spiro atoms. The molecule has 0 aliphatic carbocycles. The van der Waals surface area contributed by atoms with Gasteiger partial charge in [0.1, 0.15) is 17.3 Å². The van der Waals surface area contributed by atoms with E-state index in [1.165, 1.54) is 43.3 Å². The van der Waals surface area contributed by atoms with Crippen LogP contribution in [0.15, 0.2) is 42.5 Å². The summed E-state index contributed by atoms with van der Waals surface area (Å²) in [6, 6.07) is 10.2. The van der Waals surface area contributed by atoms with Crippen molar-refractivity contribution in [3.05, 3.63) is 53.8 Å². The van der Waals surface area contributed by atoms with Gasteiger partial charge in [0.05, 0.1) is 12.7 Å². The molecule has 1 amide bonds. The lowest BCUT2D eigenvalue weighted by atomic mass is 10.1. The summed E-state index contributed by atoms with van der Waals surface area (Å²) < 4.78 is 18.8.